The minimum Gasteiger partial charge on any atom is -0.493 e. The monoisotopic (exact) mass is 438 g/mol. The van der Waals surface area contributed by atoms with Gasteiger partial charge in [-0.15, -0.1) is 0 Å². The zero-order valence-electron chi connectivity index (χ0n) is 17.4. The maximum absolute atomic E-state index is 11.5. The normalized spacial score (nSPS) is 11.6. The van der Waals surface area contributed by atoms with Crippen LogP contribution in [0.25, 0.3) is 16.9 Å². The number of aromatic nitrogens is 3. The number of aryl methyl sites for hydroxylation is 1. The zero-order chi connectivity index (χ0) is 22.2. The molecule has 0 unspecified atom stereocenters. The van der Waals surface area contributed by atoms with Crippen molar-refractivity contribution in [3.8, 4) is 22.8 Å². The Morgan fingerprint density at radius 2 is 1.68 bits per heavy atom. The lowest BCUT2D eigenvalue weighted by atomic mass is 10.1. The van der Waals surface area contributed by atoms with E-state index in [-0.39, 0.29) is 4.90 Å². The van der Waals surface area contributed by atoms with E-state index in [1.807, 2.05) is 41.8 Å². The molecule has 2 aromatic heterocycles. The van der Waals surface area contributed by atoms with Crippen molar-refractivity contribution in [1.82, 2.24) is 14.6 Å². The molecule has 160 valence electrons. The highest BCUT2D eigenvalue weighted by Gasteiger charge is 2.14. The van der Waals surface area contributed by atoms with Gasteiger partial charge < -0.3 is 9.47 Å². The van der Waals surface area contributed by atoms with Crippen LogP contribution in [0.1, 0.15) is 17.0 Å². The minimum atomic E-state index is -3.72. The zero-order valence-corrected chi connectivity index (χ0v) is 18.2. The van der Waals surface area contributed by atoms with E-state index in [1.54, 1.807) is 26.4 Å². The number of hydrogen-bond donors (Lipinski definition) is 1. The SMILES string of the molecule is COc1ccc(-c2ccc3nc(C)c(Cc4ccc(S(N)(=O)=O)cc4)n3n2)cc1OC. The van der Waals surface area contributed by atoms with Gasteiger partial charge in [-0.3, -0.25) is 0 Å². The number of fused-ring (bicyclic) bond motifs is 1. The number of ether oxygens (including phenoxy) is 2. The van der Waals surface area contributed by atoms with Crippen LogP contribution in [0.15, 0.2) is 59.5 Å². The molecule has 2 aromatic carbocycles. The van der Waals surface area contributed by atoms with E-state index in [1.165, 1.54) is 12.1 Å². The summed E-state index contributed by atoms with van der Waals surface area (Å²) in [5.74, 6) is 1.27. The topological polar surface area (TPSA) is 109 Å². The molecule has 4 rings (SSSR count). The number of methoxy groups -OCH3 is 2. The second-order valence-electron chi connectivity index (χ2n) is 7.07. The van der Waals surface area contributed by atoms with Crippen LogP contribution in [0.2, 0.25) is 0 Å². The Morgan fingerprint density at radius 3 is 2.32 bits per heavy atom. The third-order valence-electron chi connectivity index (χ3n) is 5.07. The predicted molar refractivity (Wildman–Crippen MR) is 117 cm³/mol. The fourth-order valence-corrected chi connectivity index (χ4v) is 3.95. The molecule has 2 N–H and O–H groups in total. The van der Waals surface area contributed by atoms with Gasteiger partial charge in [-0.2, -0.15) is 5.10 Å². The first-order valence-electron chi connectivity index (χ1n) is 9.49. The summed E-state index contributed by atoms with van der Waals surface area (Å²) < 4.78 is 35.5. The number of hydrogen-bond acceptors (Lipinski definition) is 6. The lowest BCUT2D eigenvalue weighted by molar-refractivity contribution is 0.355. The van der Waals surface area contributed by atoms with Gasteiger partial charge in [0.25, 0.3) is 0 Å². The van der Waals surface area contributed by atoms with Crippen LogP contribution in [0, 0.1) is 6.92 Å². The molecule has 0 aliphatic rings. The van der Waals surface area contributed by atoms with Gasteiger partial charge in [0.2, 0.25) is 10.0 Å². The van der Waals surface area contributed by atoms with Crippen molar-refractivity contribution in [2.75, 3.05) is 14.2 Å². The molecule has 0 saturated heterocycles. The van der Waals surface area contributed by atoms with E-state index in [9.17, 15) is 8.42 Å². The molecule has 0 atom stereocenters. The van der Waals surface area contributed by atoms with E-state index in [2.05, 4.69) is 4.98 Å². The molecule has 8 nitrogen and oxygen atoms in total. The smallest absolute Gasteiger partial charge is 0.238 e. The minimum absolute atomic E-state index is 0.0833. The van der Waals surface area contributed by atoms with Crippen molar-refractivity contribution in [1.29, 1.82) is 0 Å². The van der Waals surface area contributed by atoms with Gasteiger partial charge in [-0.25, -0.2) is 23.1 Å². The summed E-state index contributed by atoms with van der Waals surface area (Å²) in [6.07, 6.45) is 0.542. The summed E-state index contributed by atoms with van der Waals surface area (Å²) in [6.45, 7) is 1.93. The van der Waals surface area contributed by atoms with Gasteiger partial charge in [0, 0.05) is 12.0 Å². The van der Waals surface area contributed by atoms with Crippen molar-refractivity contribution in [3.63, 3.8) is 0 Å². The van der Waals surface area contributed by atoms with Crippen LogP contribution in [0.5, 0.6) is 11.5 Å². The first kappa shape index (κ1) is 20.8. The molecule has 0 saturated carbocycles. The lowest BCUT2D eigenvalue weighted by Crippen LogP contribution is -2.12. The molecule has 9 heteroatoms. The second kappa shape index (κ2) is 8.01. The van der Waals surface area contributed by atoms with Gasteiger partial charge >= 0.3 is 0 Å². The standard InChI is InChI=1S/C22H22N4O4S/c1-14-19(12-15-4-7-17(8-5-15)31(23,27)28)26-22(24-14)11-9-18(25-26)16-6-10-20(29-2)21(13-16)30-3/h4-11,13H,12H2,1-3H3,(H2,23,27,28). The Balaban J connectivity index is 1.73. The quantitative estimate of drug-likeness (QED) is 0.496. The van der Waals surface area contributed by atoms with Crippen molar-refractivity contribution >= 4 is 15.7 Å². The van der Waals surface area contributed by atoms with Crippen LogP contribution in [0.4, 0.5) is 0 Å². The van der Waals surface area contributed by atoms with Gasteiger partial charge in [0.15, 0.2) is 17.1 Å². The maximum Gasteiger partial charge on any atom is 0.238 e. The summed E-state index contributed by atoms with van der Waals surface area (Å²) in [6, 6.07) is 16.0. The van der Waals surface area contributed by atoms with Crippen LogP contribution < -0.4 is 14.6 Å². The molecule has 0 bridgehead atoms. The molecule has 2 heterocycles. The summed E-state index contributed by atoms with van der Waals surface area (Å²) in [5, 5.41) is 9.98. The Labute approximate surface area is 180 Å². The van der Waals surface area contributed by atoms with E-state index in [0.29, 0.717) is 17.9 Å². The predicted octanol–water partition coefficient (Wildman–Crippen LogP) is 2.96. The molecule has 0 aliphatic heterocycles. The summed E-state index contributed by atoms with van der Waals surface area (Å²) in [5.41, 5.74) is 5.08. The van der Waals surface area contributed by atoms with Gasteiger partial charge in [-0.1, -0.05) is 12.1 Å². The highest BCUT2D eigenvalue weighted by molar-refractivity contribution is 7.89. The highest BCUT2D eigenvalue weighted by Crippen LogP contribution is 2.31. The van der Waals surface area contributed by atoms with Crippen LogP contribution in [-0.2, 0) is 16.4 Å². The number of primary sulfonamides is 1. The summed E-state index contributed by atoms with van der Waals surface area (Å²) in [4.78, 5) is 4.69. The average molecular weight is 439 g/mol. The molecule has 0 radical (unpaired) electrons. The third-order valence-corrected chi connectivity index (χ3v) is 6.00. The molecular formula is C22H22N4O4S. The van der Waals surface area contributed by atoms with E-state index < -0.39 is 10.0 Å². The Morgan fingerprint density at radius 1 is 0.968 bits per heavy atom. The molecule has 31 heavy (non-hydrogen) atoms. The molecule has 0 amide bonds. The second-order valence-corrected chi connectivity index (χ2v) is 8.63. The Kier molecular flexibility index (Phi) is 5.38. The maximum atomic E-state index is 11.5. The van der Waals surface area contributed by atoms with Crippen LogP contribution in [-0.4, -0.2) is 37.2 Å². The largest absolute Gasteiger partial charge is 0.493 e. The first-order valence-corrected chi connectivity index (χ1v) is 11.0. The number of imidazole rings is 1. The van der Waals surface area contributed by atoms with Crippen molar-refractivity contribution in [2.24, 2.45) is 5.14 Å². The Bertz CT molecular complexity index is 1360. The fraction of sp³-hybridized carbons (Fsp3) is 0.182. The summed E-state index contributed by atoms with van der Waals surface area (Å²) >= 11 is 0. The van der Waals surface area contributed by atoms with Gasteiger partial charge in [-0.05, 0) is 55.0 Å². The van der Waals surface area contributed by atoms with Crippen molar-refractivity contribution < 1.29 is 17.9 Å². The lowest BCUT2D eigenvalue weighted by Gasteiger charge is -2.10. The van der Waals surface area contributed by atoms with Crippen LogP contribution >= 0.6 is 0 Å². The summed E-state index contributed by atoms with van der Waals surface area (Å²) in [7, 11) is -0.532. The number of sulfonamides is 1. The van der Waals surface area contributed by atoms with Crippen molar-refractivity contribution in [2.45, 2.75) is 18.2 Å². The number of nitrogens with two attached hydrogens (primary N) is 1. The third kappa shape index (κ3) is 4.10. The molecule has 0 fully saturated rings. The Hall–Kier alpha value is -3.43. The van der Waals surface area contributed by atoms with Gasteiger partial charge in [0.05, 0.1) is 36.2 Å². The molecular weight excluding hydrogens is 416 g/mol. The first-order chi connectivity index (χ1) is 14.8. The molecule has 0 aliphatic carbocycles. The molecule has 4 aromatic rings. The highest BCUT2D eigenvalue weighted by atomic mass is 32.2. The van der Waals surface area contributed by atoms with E-state index >= 15 is 0 Å². The van der Waals surface area contributed by atoms with Crippen molar-refractivity contribution in [3.05, 3.63) is 71.5 Å². The van der Waals surface area contributed by atoms with Crippen LogP contribution in [0.3, 0.4) is 0 Å². The molecule has 0 spiro atoms. The average Bonchev–Trinajstić information content (AvgIpc) is 3.07. The number of nitrogens with zero attached hydrogens (tertiary/aromatic N) is 3. The van der Waals surface area contributed by atoms with E-state index in [0.717, 1.165) is 33.9 Å². The van der Waals surface area contributed by atoms with E-state index in [4.69, 9.17) is 19.7 Å². The fourth-order valence-electron chi connectivity index (χ4n) is 3.43. The number of benzene rings is 2. The van der Waals surface area contributed by atoms with Gasteiger partial charge in [0.1, 0.15) is 0 Å². The number of rotatable bonds is 6.